The quantitative estimate of drug-likeness (QED) is 0.297. The molecular weight excluding hydrogens is 468 g/mol. The topological polar surface area (TPSA) is 82.2 Å². The average molecular weight is 495 g/mol. The molecule has 0 unspecified atom stereocenters. The van der Waals surface area contributed by atoms with Gasteiger partial charge in [0.15, 0.2) is 0 Å². The number of nitrogens with one attached hydrogen (secondary N) is 3. The molecule has 0 radical (unpaired) electrons. The maximum absolute atomic E-state index is 13.4. The monoisotopic (exact) mass is 494 g/mol. The van der Waals surface area contributed by atoms with Gasteiger partial charge >= 0.3 is 0 Å². The number of anilines is 4. The van der Waals surface area contributed by atoms with Crippen LogP contribution in [0, 0.1) is 0 Å². The van der Waals surface area contributed by atoms with Crippen LogP contribution in [0.15, 0.2) is 67.0 Å². The number of rotatable bonds is 5. The molecule has 7 nitrogen and oxygen atoms in total. The lowest BCUT2D eigenvalue weighted by Crippen LogP contribution is -2.22. The molecule has 0 saturated carbocycles. The molecule has 3 heterocycles. The molecule has 8 heteroatoms. The third-order valence-electron chi connectivity index (χ3n) is 6.53. The Morgan fingerprint density at radius 2 is 1.92 bits per heavy atom. The van der Waals surface area contributed by atoms with E-state index in [2.05, 4.69) is 25.9 Å². The van der Waals surface area contributed by atoms with Crippen molar-refractivity contribution in [2.75, 3.05) is 36.2 Å². The average Bonchev–Trinajstić information content (AvgIpc) is 3.28. The first-order valence-corrected chi connectivity index (χ1v) is 12.7. The molecule has 180 valence electrons. The fourth-order valence-electron chi connectivity index (χ4n) is 4.81. The number of hydrogen-bond acceptors (Lipinski definition) is 7. The van der Waals surface area contributed by atoms with Crippen LogP contribution in [0.1, 0.15) is 20.8 Å². The van der Waals surface area contributed by atoms with E-state index in [0.717, 1.165) is 63.4 Å². The Morgan fingerprint density at radius 3 is 2.81 bits per heavy atom. The standard InChI is InChI=1S/C28H26N6OS/c1-34(2)23-11-10-18(32-26-25-21-12-13-29-15-24(21)36-28(25)31-16-30-26)14-22(23)33-27(35)20-9-5-7-17-6-3-4-8-19(17)20/h3-11,14,16,29H,12-13,15H2,1-2H3,(H,33,35)(H,30,31,32). The minimum absolute atomic E-state index is 0.143. The van der Waals surface area contributed by atoms with Crippen molar-refractivity contribution < 1.29 is 4.79 Å². The van der Waals surface area contributed by atoms with E-state index in [1.807, 2.05) is 79.7 Å². The summed E-state index contributed by atoms with van der Waals surface area (Å²) in [6.07, 6.45) is 2.57. The van der Waals surface area contributed by atoms with Gasteiger partial charge in [-0.05, 0) is 53.6 Å². The normalized spacial score (nSPS) is 12.9. The SMILES string of the molecule is CN(C)c1ccc(Nc2ncnc3sc4c(c23)CCNC4)cc1NC(=O)c1cccc2ccccc12. The van der Waals surface area contributed by atoms with E-state index in [4.69, 9.17) is 0 Å². The summed E-state index contributed by atoms with van der Waals surface area (Å²) >= 11 is 1.72. The summed E-state index contributed by atoms with van der Waals surface area (Å²) in [5.41, 5.74) is 4.46. The zero-order valence-corrected chi connectivity index (χ0v) is 20.9. The van der Waals surface area contributed by atoms with Gasteiger partial charge in [-0.15, -0.1) is 11.3 Å². The number of hydrogen-bond donors (Lipinski definition) is 3. The smallest absolute Gasteiger partial charge is 0.256 e. The van der Waals surface area contributed by atoms with Crippen molar-refractivity contribution in [3.05, 3.63) is 83.0 Å². The van der Waals surface area contributed by atoms with Gasteiger partial charge in [-0.1, -0.05) is 36.4 Å². The zero-order valence-electron chi connectivity index (χ0n) is 20.1. The van der Waals surface area contributed by atoms with Gasteiger partial charge < -0.3 is 20.9 Å². The number of thiophene rings is 1. The fraction of sp³-hybridized carbons (Fsp3) is 0.179. The molecule has 36 heavy (non-hydrogen) atoms. The molecule has 0 aliphatic carbocycles. The van der Waals surface area contributed by atoms with Gasteiger partial charge in [0.05, 0.1) is 16.8 Å². The molecule has 2 aromatic heterocycles. The number of nitrogens with zero attached hydrogens (tertiary/aromatic N) is 3. The van der Waals surface area contributed by atoms with Crippen molar-refractivity contribution in [3.63, 3.8) is 0 Å². The highest BCUT2D eigenvalue weighted by atomic mass is 32.1. The number of amides is 1. The first-order valence-electron chi connectivity index (χ1n) is 11.9. The maximum atomic E-state index is 13.4. The predicted molar refractivity (Wildman–Crippen MR) is 149 cm³/mol. The Labute approximate surface area is 213 Å². The molecule has 0 fully saturated rings. The Bertz CT molecular complexity index is 1600. The largest absolute Gasteiger partial charge is 0.376 e. The lowest BCUT2D eigenvalue weighted by Gasteiger charge is -2.20. The maximum Gasteiger partial charge on any atom is 0.256 e. The van der Waals surface area contributed by atoms with Crippen LogP contribution in [0.5, 0.6) is 0 Å². The van der Waals surface area contributed by atoms with E-state index >= 15 is 0 Å². The van der Waals surface area contributed by atoms with Gasteiger partial charge in [0.1, 0.15) is 17.0 Å². The Kier molecular flexibility index (Phi) is 5.75. The minimum atomic E-state index is -0.143. The Morgan fingerprint density at radius 1 is 1.06 bits per heavy atom. The molecule has 0 spiro atoms. The van der Waals surface area contributed by atoms with Gasteiger partial charge in [0.2, 0.25) is 0 Å². The Hall–Kier alpha value is -4.01. The van der Waals surface area contributed by atoms with Gasteiger partial charge in [0.25, 0.3) is 5.91 Å². The second-order valence-corrected chi connectivity index (χ2v) is 10.1. The van der Waals surface area contributed by atoms with Crippen LogP contribution < -0.4 is 20.9 Å². The van der Waals surface area contributed by atoms with Crippen LogP contribution in [0.3, 0.4) is 0 Å². The van der Waals surface area contributed by atoms with E-state index in [1.54, 1.807) is 17.7 Å². The van der Waals surface area contributed by atoms with Gasteiger partial charge in [0, 0.05) is 36.8 Å². The van der Waals surface area contributed by atoms with E-state index in [0.29, 0.717) is 5.56 Å². The lowest BCUT2D eigenvalue weighted by atomic mass is 10.0. The number of aromatic nitrogens is 2. The van der Waals surface area contributed by atoms with Crippen molar-refractivity contribution >= 4 is 61.1 Å². The fourth-order valence-corrected chi connectivity index (χ4v) is 5.96. The van der Waals surface area contributed by atoms with Crippen LogP contribution in [0.2, 0.25) is 0 Å². The van der Waals surface area contributed by atoms with Crippen molar-refractivity contribution in [2.45, 2.75) is 13.0 Å². The van der Waals surface area contributed by atoms with Crippen molar-refractivity contribution in [2.24, 2.45) is 0 Å². The van der Waals surface area contributed by atoms with E-state index in [9.17, 15) is 4.79 Å². The molecule has 0 atom stereocenters. The zero-order chi connectivity index (χ0) is 24.6. The summed E-state index contributed by atoms with van der Waals surface area (Å²) in [6, 6.07) is 19.7. The molecule has 6 rings (SSSR count). The summed E-state index contributed by atoms with van der Waals surface area (Å²) < 4.78 is 0. The minimum Gasteiger partial charge on any atom is -0.376 e. The van der Waals surface area contributed by atoms with Crippen LogP contribution in [-0.2, 0) is 13.0 Å². The molecule has 3 aromatic carbocycles. The van der Waals surface area contributed by atoms with Gasteiger partial charge in [-0.25, -0.2) is 9.97 Å². The molecular formula is C28H26N6OS. The summed E-state index contributed by atoms with van der Waals surface area (Å²) in [5, 5.41) is 13.1. The number of carbonyl (C=O) groups is 1. The lowest BCUT2D eigenvalue weighted by molar-refractivity contribution is 0.102. The molecule has 1 aliphatic heterocycles. The van der Waals surface area contributed by atoms with E-state index < -0.39 is 0 Å². The molecule has 3 N–H and O–H groups in total. The van der Waals surface area contributed by atoms with Crippen molar-refractivity contribution in [1.82, 2.24) is 15.3 Å². The van der Waals surface area contributed by atoms with E-state index in [-0.39, 0.29) is 5.91 Å². The predicted octanol–water partition coefficient (Wildman–Crippen LogP) is 5.55. The number of fused-ring (bicyclic) bond motifs is 4. The highest BCUT2D eigenvalue weighted by Crippen LogP contribution is 2.37. The molecule has 0 bridgehead atoms. The number of carbonyl (C=O) groups excluding carboxylic acids is 1. The third-order valence-corrected chi connectivity index (χ3v) is 7.67. The van der Waals surface area contributed by atoms with Gasteiger partial charge in [-0.3, -0.25) is 4.79 Å². The molecule has 0 saturated heterocycles. The van der Waals surface area contributed by atoms with Crippen LogP contribution in [0.4, 0.5) is 22.9 Å². The molecule has 5 aromatic rings. The van der Waals surface area contributed by atoms with Crippen LogP contribution in [0.25, 0.3) is 21.0 Å². The molecule has 1 amide bonds. The van der Waals surface area contributed by atoms with Crippen molar-refractivity contribution in [1.29, 1.82) is 0 Å². The summed E-state index contributed by atoms with van der Waals surface area (Å²) in [6.45, 7) is 1.83. The Balaban J connectivity index is 1.36. The van der Waals surface area contributed by atoms with E-state index in [1.165, 1.54) is 10.4 Å². The van der Waals surface area contributed by atoms with Crippen LogP contribution >= 0.6 is 11.3 Å². The van der Waals surface area contributed by atoms with Crippen LogP contribution in [-0.4, -0.2) is 36.5 Å². The first-order chi connectivity index (χ1) is 17.6. The molecule has 1 aliphatic rings. The number of benzene rings is 3. The van der Waals surface area contributed by atoms with Gasteiger partial charge in [-0.2, -0.15) is 0 Å². The third kappa shape index (κ3) is 4.04. The highest BCUT2D eigenvalue weighted by Gasteiger charge is 2.20. The highest BCUT2D eigenvalue weighted by molar-refractivity contribution is 7.19. The summed E-state index contributed by atoms with van der Waals surface area (Å²) in [7, 11) is 3.94. The summed E-state index contributed by atoms with van der Waals surface area (Å²) in [4.78, 5) is 26.8. The first kappa shape index (κ1) is 22.5. The second kappa shape index (κ2) is 9.22. The summed E-state index contributed by atoms with van der Waals surface area (Å²) in [5.74, 6) is 0.652. The second-order valence-electron chi connectivity index (χ2n) is 9.07. The van der Waals surface area contributed by atoms with Crippen molar-refractivity contribution in [3.8, 4) is 0 Å².